The average Bonchev–Trinajstić information content (AvgIpc) is 2.67. The third-order valence-electron chi connectivity index (χ3n) is 4.47. The molecule has 3 rings (SSSR count). The minimum absolute atomic E-state index is 0.212. The first-order valence-corrected chi connectivity index (χ1v) is 10.4. The van der Waals surface area contributed by atoms with E-state index in [-0.39, 0.29) is 11.4 Å². The van der Waals surface area contributed by atoms with Crippen LogP contribution in [0, 0.1) is 0 Å². The Morgan fingerprint density at radius 1 is 1.04 bits per heavy atom. The molecule has 6 nitrogen and oxygen atoms in total. The van der Waals surface area contributed by atoms with Gasteiger partial charge in [0.25, 0.3) is 0 Å². The summed E-state index contributed by atoms with van der Waals surface area (Å²) in [6.07, 6.45) is 0. The second kappa shape index (κ2) is 7.78. The molecular weight excluding hydrogens is 366 g/mol. The van der Waals surface area contributed by atoms with Gasteiger partial charge in [-0.25, -0.2) is 13.1 Å². The Hall–Kier alpha value is -2.25. The maximum absolute atomic E-state index is 12.6. The normalized spacial score (nSPS) is 14.0. The van der Waals surface area contributed by atoms with Crippen LogP contribution in [0.15, 0.2) is 47.4 Å². The zero-order valence-corrected chi connectivity index (χ0v) is 16.6. The summed E-state index contributed by atoms with van der Waals surface area (Å²) in [5.74, 6) is 2.06. The fraction of sp³-hybridized carbons (Fsp3) is 0.400. The first-order chi connectivity index (χ1) is 12.8. The van der Waals surface area contributed by atoms with Crippen LogP contribution in [0.3, 0.4) is 0 Å². The number of hydrogen-bond acceptors (Lipinski definition) is 5. The minimum atomic E-state index is -3.61. The molecule has 0 saturated heterocycles. The molecule has 0 bridgehead atoms. The third-order valence-corrected chi connectivity index (χ3v) is 5.89. The summed E-state index contributed by atoms with van der Waals surface area (Å²) < 4.78 is 44.5. The van der Waals surface area contributed by atoms with Crippen LogP contribution in [0.5, 0.6) is 17.2 Å². The van der Waals surface area contributed by atoms with E-state index in [1.165, 1.54) is 0 Å². The van der Waals surface area contributed by atoms with Crippen molar-refractivity contribution in [3.63, 3.8) is 0 Å². The molecule has 1 N–H and O–H groups in total. The van der Waals surface area contributed by atoms with Gasteiger partial charge in [0.05, 0.1) is 11.5 Å². The van der Waals surface area contributed by atoms with Crippen molar-refractivity contribution in [2.45, 2.75) is 31.1 Å². The van der Waals surface area contributed by atoms with Crippen molar-refractivity contribution in [3.8, 4) is 17.2 Å². The molecular formula is C20H25NO5S. The summed E-state index contributed by atoms with van der Waals surface area (Å²) in [6, 6.07) is 12.1. The standard InChI is InChI=1S/C20H25NO5S/c1-4-24-16-6-8-17(9-7-16)27(22,23)21-14-20(2,3)15-5-10-18-19(13-15)26-12-11-25-18/h5-10,13,21H,4,11-12,14H2,1-3H3. The second-order valence-electron chi connectivity index (χ2n) is 6.97. The predicted octanol–water partition coefficient (Wildman–Crippen LogP) is 3.11. The molecule has 0 unspecified atom stereocenters. The molecule has 0 atom stereocenters. The summed E-state index contributed by atoms with van der Waals surface area (Å²) >= 11 is 0. The van der Waals surface area contributed by atoms with Crippen LogP contribution in [0.25, 0.3) is 0 Å². The number of sulfonamides is 1. The Morgan fingerprint density at radius 2 is 1.70 bits per heavy atom. The first-order valence-electron chi connectivity index (χ1n) is 8.94. The molecule has 0 amide bonds. The van der Waals surface area contributed by atoms with E-state index in [9.17, 15) is 8.42 Å². The number of nitrogens with one attached hydrogen (secondary N) is 1. The summed E-state index contributed by atoms with van der Waals surface area (Å²) in [6.45, 7) is 7.69. The lowest BCUT2D eigenvalue weighted by Crippen LogP contribution is -2.36. The van der Waals surface area contributed by atoms with Gasteiger partial charge in [0.15, 0.2) is 11.5 Å². The van der Waals surface area contributed by atoms with Crippen molar-refractivity contribution in [1.82, 2.24) is 4.72 Å². The van der Waals surface area contributed by atoms with E-state index in [0.29, 0.717) is 31.3 Å². The van der Waals surface area contributed by atoms with Gasteiger partial charge >= 0.3 is 0 Å². The highest BCUT2D eigenvalue weighted by Gasteiger charge is 2.26. The SMILES string of the molecule is CCOc1ccc(S(=O)(=O)NCC(C)(C)c2ccc3c(c2)OCCO3)cc1. The lowest BCUT2D eigenvalue weighted by Gasteiger charge is -2.27. The lowest BCUT2D eigenvalue weighted by atomic mass is 9.84. The molecule has 2 aromatic rings. The van der Waals surface area contributed by atoms with Crippen LogP contribution < -0.4 is 18.9 Å². The van der Waals surface area contributed by atoms with Crippen molar-refractivity contribution >= 4 is 10.0 Å². The van der Waals surface area contributed by atoms with Crippen LogP contribution >= 0.6 is 0 Å². The second-order valence-corrected chi connectivity index (χ2v) is 8.74. The monoisotopic (exact) mass is 391 g/mol. The van der Waals surface area contributed by atoms with Gasteiger partial charge < -0.3 is 14.2 Å². The zero-order valence-electron chi connectivity index (χ0n) is 15.8. The average molecular weight is 391 g/mol. The Balaban J connectivity index is 1.72. The largest absolute Gasteiger partial charge is 0.494 e. The van der Waals surface area contributed by atoms with Crippen molar-refractivity contribution in [3.05, 3.63) is 48.0 Å². The molecule has 146 valence electrons. The van der Waals surface area contributed by atoms with Crippen LogP contribution in [0.2, 0.25) is 0 Å². The molecule has 27 heavy (non-hydrogen) atoms. The van der Waals surface area contributed by atoms with E-state index < -0.39 is 15.4 Å². The third kappa shape index (κ3) is 4.54. The molecule has 2 aromatic carbocycles. The highest BCUT2D eigenvalue weighted by Crippen LogP contribution is 2.35. The van der Waals surface area contributed by atoms with Gasteiger partial charge in [-0.05, 0) is 48.9 Å². The summed E-state index contributed by atoms with van der Waals surface area (Å²) in [5, 5.41) is 0. The first kappa shape index (κ1) is 19.5. The van der Waals surface area contributed by atoms with Crippen LogP contribution in [0.4, 0.5) is 0 Å². The molecule has 1 heterocycles. The number of benzene rings is 2. The maximum Gasteiger partial charge on any atom is 0.240 e. The number of hydrogen-bond donors (Lipinski definition) is 1. The highest BCUT2D eigenvalue weighted by molar-refractivity contribution is 7.89. The topological polar surface area (TPSA) is 73.9 Å². The van der Waals surface area contributed by atoms with Gasteiger partial charge in [-0.3, -0.25) is 0 Å². The van der Waals surface area contributed by atoms with Crippen LogP contribution in [-0.4, -0.2) is 34.8 Å². The Morgan fingerprint density at radius 3 is 2.37 bits per heavy atom. The lowest BCUT2D eigenvalue weighted by molar-refractivity contribution is 0.171. The molecule has 0 saturated carbocycles. The fourth-order valence-electron chi connectivity index (χ4n) is 2.81. The molecule has 1 aliphatic rings. The Kier molecular flexibility index (Phi) is 5.62. The van der Waals surface area contributed by atoms with Gasteiger partial charge in [-0.2, -0.15) is 0 Å². The molecule has 0 aliphatic carbocycles. The molecule has 0 spiro atoms. The van der Waals surface area contributed by atoms with E-state index in [1.54, 1.807) is 24.3 Å². The quantitative estimate of drug-likeness (QED) is 0.785. The molecule has 0 radical (unpaired) electrons. The van der Waals surface area contributed by atoms with Crippen molar-refractivity contribution in [1.29, 1.82) is 0 Å². The van der Waals surface area contributed by atoms with Gasteiger partial charge in [0.1, 0.15) is 19.0 Å². The number of ether oxygens (including phenoxy) is 3. The van der Waals surface area contributed by atoms with E-state index >= 15 is 0 Å². The van der Waals surface area contributed by atoms with Gasteiger partial charge in [-0.1, -0.05) is 19.9 Å². The summed E-state index contributed by atoms with van der Waals surface area (Å²) in [7, 11) is -3.61. The van der Waals surface area contributed by atoms with Crippen molar-refractivity contribution in [2.75, 3.05) is 26.4 Å². The van der Waals surface area contributed by atoms with Gasteiger partial charge in [0, 0.05) is 12.0 Å². The van der Waals surface area contributed by atoms with E-state index in [2.05, 4.69) is 4.72 Å². The smallest absolute Gasteiger partial charge is 0.240 e. The van der Waals surface area contributed by atoms with Crippen LogP contribution in [-0.2, 0) is 15.4 Å². The molecule has 0 fully saturated rings. The van der Waals surface area contributed by atoms with E-state index in [0.717, 1.165) is 11.3 Å². The fourth-order valence-corrected chi connectivity index (χ4v) is 4.02. The Bertz CT molecular complexity index is 891. The van der Waals surface area contributed by atoms with E-state index in [4.69, 9.17) is 14.2 Å². The Labute approximate surface area is 160 Å². The van der Waals surface area contributed by atoms with Crippen molar-refractivity contribution in [2.24, 2.45) is 0 Å². The zero-order chi connectivity index (χ0) is 19.5. The van der Waals surface area contributed by atoms with Crippen LogP contribution in [0.1, 0.15) is 26.3 Å². The van der Waals surface area contributed by atoms with Gasteiger partial charge in [0.2, 0.25) is 10.0 Å². The van der Waals surface area contributed by atoms with Gasteiger partial charge in [-0.15, -0.1) is 0 Å². The highest BCUT2D eigenvalue weighted by atomic mass is 32.2. The number of rotatable bonds is 7. The van der Waals surface area contributed by atoms with E-state index in [1.807, 2.05) is 39.0 Å². The molecule has 7 heteroatoms. The summed E-state index contributed by atoms with van der Waals surface area (Å²) in [5.41, 5.74) is 0.551. The minimum Gasteiger partial charge on any atom is -0.494 e. The number of fused-ring (bicyclic) bond motifs is 1. The summed E-state index contributed by atoms with van der Waals surface area (Å²) in [4.78, 5) is 0.212. The van der Waals surface area contributed by atoms with Crippen molar-refractivity contribution < 1.29 is 22.6 Å². The predicted molar refractivity (Wildman–Crippen MR) is 103 cm³/mol. The maximum atomic E-state index is 12.6. The molecule has 1 aliphatic heterocycles. The molecule has 0 aromatic heterocycles.